The summed E-state index contributed by atoms with van der Waals surface area (Å²) >= 11 is 1.90. The van der Waals surface area contributed by atoms with Gasteiger partial charge in [0.15, 0.2) is 0 Å². The number of nitrogens with zero attached hydrogens (tertiary/aromatic N) is 1. The van der Waals surface area contributed by atoms with Gasteiger partial charge in [-0.3, -0.25) is 0 Å². The van der Waals surface area contributed by atoms with Crippen LogP contribution in [0, 0.1) is 0 Å². The Labute approximate surface area is 122 Å². The van der Waals surface area contributed by atoms with E-state index in [9.17, 15) is 0 Å². The van der Waals surface area contributed by atoms with Crippen molar-refractivity contribution in [2.75, 3.05) is 0 Å². The molecule has 0 spiro atoms. The molecule has 20 heavy (non-hydrogen) atoms. The second-order valence-corrected chi connectivity index (χ2v) is 7.33. The van der Waals surface area contributed by atoms with Gasteiger partial charge in [0.05, 0.1) is 5.52 Å². The van der Waals surface area contributed by atoms with Gasteiger partial charge in [0, 0.05) is 26.4 Å². The van der Waals surface area contributed by atoms with Crippen LogP contribution in [0.2, 0.25) is 0 Å². The maximum Gasteiger partial charge on any atom is 0.105 e. The summed E-state index contributed by atoms with van der Waals surface area (Å²) in [7, 11) is 0. The molecule has 100 valence electrons. The monoisotopic (exact) mass is 279 g/mol. The number of aromatic nitrogens is 1. The van der Waals surface area contributed by atoms with Crippen LogP contribution < -0.4 is 0 Å². The first-order chi connectivity index (χ1) is 9.57. The number of fused-ring (bicyclic) bond motifs is 5. The topological polar surface area (TPSA) is 4.93 Å². The Kier molecular flexibility index (Phi) is 2.31. The van der Waals surface area contributed by atoms with Crippen LogP contribution in [-0.4, -0.2) is 4.57 Å². The van der Waals surface area contributed by atoms with Gasteiger partial charge in [0.2, 0.25) is 0 Å². The van der Waals surface area contributed by atoms with Gasteiger partial charge in [0.1, 0.15) is 4.83 Å². The van der Waals surface area contributed by atoms with E-state index in [1.54, 1.807) is 0 Å². The van der Waals surface area contributed by atoms with Crippen molar-refractivity contribution >= 4 is 42.5 Å². The minimum absolute atomic E-state index is 0.0855. The maximum absolute atomic E-state index is 2.49. The van der Waals surface area contributed by atoms with E-state index in [2.05, 4.69) is 73.9 Å². The van der Waals surface area contributed by atoms with E-state index in [1.807, 2.05) is 11.3 Å². The van der Waals surface area contributed by atoms with Crippen LogP contribution in [0.1, 0.15) is 20.8 Å². The average Bonchev–Trinajstić information content (AvgIpc) is 2.90. The van der Waals surface area contributed by atoms with Crippen molar-refractivity contribution in [2.24, 2.45) is 0 Å². The lowest BCUT2D eigenvalue weighted by molar-refractivity contribution is 0.425. The number of hydrogen-bond donors (Lipinski definition) is 0. The molecule has 0 aliphatic carbocycles. The molecule has 0 fully saturated rings. The first-order valence-corrected chi connectivity index (χ1v) is 7.80. The third-order valence-corrected chi connectivity index (χ3v) is 5.02. The molecule has 2 aromatic carbocycles. The van der Waals surface area contributed by atoms with E-state index >= 15 is 0 Å². The van der Waals surface area contributed by atoms with Crippen LogP contribution in [0.5, 0.6) is 0 Å². The second-order valence-electron chi connectivity index (χ2n) is 6.30. The highest BCUT2D eigenvalue weighted by atomic mass is 32.1. The molecule has 2 aromatic heterocycles. The van der Waals surface area contributed by atoms with Crippen molar-refractivity contribution in [3.05, 3.63) is 48.5 Å². The van der Waals surface area contributed by atoms with Crippen molar-refractivity contribution in [1.82, 2.24) is 4.57 Å². The van der Waals surface area contributed by atoms with Crippen LogP contribution >= 0.6 is 11.3 Å². The lowest BCUT2D eigenvalue weighted by Gasteiger charge is -2.23. The zero-order valence-corrected chi connectivity index (χ0v) is 12.8. The van der Waals surface area contributed by atoms with Gasteiger partial charge in [-0.05, 0) is 32.9 Å². The SMILES string of the molecule is CC(C)(C)n1c2ccccc2c2c3ccccc3sc21. The molecule has 0 aliphatic rings. The molecule has 0 amide bonds. The lowest BCUT2D eigenvalue weighted by atomic mass is 10.1. The van der Waals surface area contributed by atoms with E-state index in [0.717, 1.165) is 0 Å². The van der Waals surface area contributed by atoms with Gasteiger partial charge >= 0.3 is 0 Å². The van der Waals surface area contributed by atoms with Crippen LogP contribution in [-0.2, 0) is 5.54 Å². The van der Waals surface area contributed by atoms with E-state index in [1.165, 1.54) is 31.2 Å². The Morgan fingerprint density at radius 2 is 1.50 bits per heavy atom. The summed E-state index contributed by atoms with van der Waals surface area (Å²) in [6.07, 6.45) is 0. The Morgan fingerprint density at radius 1 is 0.850 bits per heavy atom. The molecule has 0 unspecified atom stereocenters. The predicted molar refractivity (Wildman–Crippen MR) is 89.8 cm³/mol. The zero-order valence-electron chi connectivity index (χ0n) is 12.0. The molecule has 2 heteroatoms. The third-order valence-electron chi connectivity index (χ3n) is 3.87. The van der Waals surface area contributed by atoms with Crippen molar-refractivity contribution in [3.63, 3.8) is 0 Å². The first-order valence-electron chi connectivity index (χ1n) is 6.98. The fraction of sp³-hybridized carbons (Fsp3) is 0.222. The number of thiophene rings is 1. The summed E-state index contributed by atoms with van der Waals surface area (Å²) in [5.41, 5.74) is 1.43. The van der Waals surface area contributed by atoms with Crippen molar-refractivity contribution in [3.8, 4) is 0 Å². The number of rotatable bonds is 0. The Hall–Kier alpha value is -1.80. The lowest BCUT2D eigenvalue weighted by Crippen LogP contribution is -2.20. The fourth-order valence-electron chi connectivity index (χ4n) is 3.11. The quantitative estimate of drug-likeness (QED) is 0.385. The van der Waals surface area contributed by atoms with E-state index in [-0.39, 0.29) is 5.54 Å². The molecule has 0 saturated carbocycles. The standard InChI is InChI=1S/C18H17NS/c1-18(2,3)19-14-10-6-4-8-12(14)16-13-9-5-7-11-15(13)20-17(16)19/h4-11H,1-3H3. The third kappa shape index (κ3) is 1.49. The van der Waals surface area contributed by atoms with Gasteiger partial charge in [0.25, 0.3) is 0 Å². The molecular weight excluding hydrogens is 262 g/mol. The van der Waals surface area contributed by atoms with Crippen LogP contribution in [0.3, 0.4) is 0 Å². The molecule has 2 heterocycles. The summed E-state index contributed by atoms with van der Waals surface area (Å²) in [5.74, 6) is 0. The zero-order chi connectivity index (χ0) is 13.9. The molecule has 0 radical (unpaired) electrons. The number of para-hydroxylation sites is 1. The van der Waals surface area contributed by atoms with Crippen LogP contribution in [0.4, 0.5) is 0 Å². The molecule has 0 atom stereocenters. The normalized spacial score (nSPS) is 12.8. The first kappa shape index (κ1) is 12.0. The highest BCUT2D eigenvalue weighted by molar-refractivity contribution is 7.25. The van der Waals surface area contributed by atoms with Gasteiger partial charge in [-0.15, -0.1) is 11.3 Å². The molecule has 4 rings (SSSR count). The molecule has 0 N–H and O–H groups in total. The van der Waals surface area contributed by atoms with Gasteiger partial charge in [-0.1, -0.05) is 36.4 Å². The van der Waals surface area contributed by atoms with Gasteiger partial charge in [-0.25, -0.2) is 0 Å². The van der Waals surface area contributed by atoms with Gasteiger partial charge < -0.3 is 4.57 Å². The molecule has 0 saturated heterocycles. The Balaban J connectivity index is 2.34. The average molecular weight is 279 g/mol. The number of hydrogen-bond acceptors (Lipinski definition) is 1. The summed E-state index contributed by atoms with van der Waals surface area (Å²) < 4.78 is 3.86. The van der Waals surface area contributed by atoms with E-state index < -0.39 is 0 Å². The second kappa shape index (κ2) is 3.86. The molecule has 4 aromatic rings. The maximum atomic E-state index is 2.49. The number of benzene rings is 2. The predicted octanol–water partition coefficient (Wildman–Crippen LogP) is 5.76. The van der Waals surface area contributed by atoms with Crippen LogP contribution in [0.15, 0.2) is 48.5 Å². The minimum atomic E-state index is 0.0855. The summed E-state index contributed by atoms with van der Waals surface area (Å²) in [4.78, 5) is 1.39. The Morgan fingerprint density at radius 3 is 2.25 bits per heavy atom. The summed E-state index contributed by atoms with van der Waals surface area (Å²) in [5, 5.41) is 4.16. The van der Waals surface area contributed by atoms with E-state index in [4.69, 9.17) is 0 Å². The van der Waals surface area contributed by atoms with Crippen molar-refractivity contribution < 1.29 is 0 Å². The molecule has 0 aliphatic heterocycles. The minimum Gasteiger partial charge on any atom is -0.327 e. The molecule has 0 bridgehead atoms. The van der Waals surface area contributed by atoms with Crippen molar-refractivity contribution in [1.29, 1.82) is 0 Å². The molecule has 1 nitrogen and oxygen atoms in total. The summed E-state index contributed by atoms with van der Waals surface area (Å²) in [6.45, 7) is 6.84. The highest BCUT2D eigenvalue weighted by Gasteiger charge is 2.22. The van der Waals surface area contributed by atoms with Crippen molar-refractivity contribution in [2.45, 2.75) is 26.3 Å². The fourth-order valence-corrected chi connectivity index (χ4v) is 4.53. The smallest absolute Gasteiger partial charge is 0.105 e. The van der Waals surface area contributed by atoms with E-state index in [0.29, 0.717) is 0 Å². The summed E-state index contributed by atoms with van der Waals surface area (Å²) in [6, 6.07) is 17.5. The van der Waals surface area contributed by atoms with Gasteiger partial charge in [-0.2, -0.15) is 0 Å². The molecular formula is C18H17NS. The van der Waals surface area contributed by atoms with Crippen LogP contribution in [0.25, 0.3) is 31.2 Å². The largest absolute Gasteiger partial charge is 0.327 e. The Bertz CT molecular complexity index is 934. The highest BCUT2D eigenvalue weighted by Crippen LogP contribution is 2.42.